The van der Waals surface area contributed by atoms with E-state index in [9.17, 15) is 4.79 Å². The van der Waals surface area contributed by atoms with Gasteiger partial charge in [-0.05, 0) is 42.4 Å². The van der Waals surface area contributed by atoms with Crippen molar-refractivity contribution in [3.05, 3.63) is 22.4 Å². The van der Waals surface area contributed by atoms with Crippen molar-refractivity contribution in [2.75, 3.05) is 46.4 Å². The quantitative estimate of drug-likeness (QED) is 0.828. The van der Waals surface area contributed by atoms with Crippen LogP contribution in [0.3, 0.4) is 0 Å². The summed E-state index contributed by atoms with van der Waals surface area (Å²) in [5.74, 6) is 0.239. The molecule has 0 bridgehead atoms. The lowest BCUT2D eigenvalue weighted by molar-refractivity contribution is -0.131. The molecule has 110 valence electrons. The van der Waals surface area contributed by atoms with Crippen LogP contribution in [0.2, 0.25) is 0 Å². The van der Waals surface area contributed by atoms with E-state index in [0.29, 0.717) is 13.0 Å². The van der Waals surface area contributed by atoms with E-state index >= 15 is 0 Å². The monoisotopic (exact) mass is 294 g/mol. The molecule has 20 heavy (non-hydrogen) atoms. The molecule has 0 N–H and O–H groups in total. The second-order valence-corrected chi connectivity index (χ2v) is 6.94. The lowest BCUT2D eigenvalue weighted by atomic mass is 9.87. The van der Waals surface area contributed by atoms with Gasteiger partial charge in [-0.2, -0.15) is 11.3 Å². The molecule has 2 fully saturated rings. The molecule has 3 rings (SSSR count). The lowest BCUT2D eigenvalue weighted by Crippen LogP contribution is -2.43. The van der Waals surface area contributed by atoms with E-state index in [-0.39, 0.29) is 11.3 Å². The van der Waals surface area contributed by atoms with Crippen molar-refractivity contribution in [1.29, 1.82) is 0 Å². The molecule has 4 nitrogen and oxygen atoms in total. The fraction of sp³-hybridized carbons (Fsp3) is 0.667. The third-order valence-electron chi connectivity index (χ3n) is 4.36. The van der Waals surface area contributed by atoms with Crippen LogP contribution in [0.25, 0.3) is 0 Å². The second-order valence-electron chi connectivity index (χ2n) is 6.16. The number of hydrogen-bond donors (Lipinski definition) is 0. The van der Waals surface area contributed by atoms with Crippen LogP contribution >= 0.6 is 11.3 Å². The van der Waals surface area contributed by atoms with Crippen LogP contribution in [0.4, 0.5) is 0 Å². The van der Waals surface area contributed by atoms with Gasteiger partial charge in [0.25, 0.3) is 0 Å². The maximum Gasteiger partial charge on any atom is 0.227 e. The number of nitrogens with zero attached hydrogens (tertiary/aromatic N) is 2. The Kier molecular flexibility index (Phi) is 4.10. The molecule has 1 aromatic rings. The zero-order chi connectivity index (χ0) is 14.0. The molecule has 5 heteroatoms. The van der Waals surface area contributed by atoms with Crippen LogP contribution in [-0.2, 0) is 16.0 Å². The predicted molar refractivity (Wildman–Crippen MR) is 80.0 cm³/mol. The van der Waals surface area contributed by atoms with Crippen LogP contribution in [-0.4, -0.2) is 62.1 Å². The minimum atomic E-state index is 0.148. The lowest BCUT2D eigenvalue weighted by Gasteiger charge is -2.31. The van der Waals surface area contributed by atoms with E-state index in [1.807, 2.05) is 16.3 Å². The number of ether oxygens (including phenoxy) is 1. The van der Waals surface area contributed by atoms with Crippen molar-refractivity contribution < 1.29 is 9.53 Å². The Labute approximate surface area is 124 Å². The number of carbonyl (C=O) groups excluding carboxylic acids is 1. The van der Waals surface area contributed by atoms with Gasteiger partial charge in [-0.3, -0.25) is 4.79 Å². The number of amides is 1. The molecule has 0 aromatic carbocycles. The highest BCUT2D eigenvalue weighted by Gasteiger charge is 2.40. The summed E-state index contributed by atoms with van der Waals surface area (Å²) in [6.45, 7) is 5.18. The zero-order valence-corrected chi connectivity index (χ0v) is 12.8. The Morgan fingerprint density at radius 1 is 1.45 bits per heavy atom. The molecule has 0 aliphatic carbocycles. The average molecular weight is 294 g/mol. The summed E-state index contributed by atoms with van der Waals surface area (Å²) in [5, 5.41) is 4.09. The molecule has 1 amide bonds. The van der Waals surface area contributed by atoms with Crippen LogP contribution in [0, 0.1) is 5.41 Å². The Morgan fingerprint density at radius 3 is 3.05 bits per heavy atom. The first-order valence-electron chi connectivity index (χ1n) is 7.22. The Bertz CT molecular complexity index is 462. The van der Waals surface area contributed by atoms with Crippen molar-refractivity contribution in [1.82, 2.24) is 9.80 Å². The molecule has 0 radical (unpaired) electrons. The molecule has 0 unspecified atom stereocenters. The number of thiophene rings is 1. The molecule has 0 saturated carbocycles. The van der Waals surface area contributed by atoms with E-state index in [4.69, 9.17) is 4.74 Å². The normalized spacial score (nSPS) is 27.9. The van der Waals surface area contributed by atoms with E-state index in [1.54, 1.807) is 11.3 Å². The van der Waals surface area contributed by atoms with Crippen LogP contribution in [0.15, 0.2) is 16.8 Å². The second kappa shape index (κ2) is 5.84. The van der Waals surface area contributed by atoms with Crippen molar-refractivity contribution in [2.24, 2.45) is 5.41 Å². The maximum absolute atomic E-state index is 12.5. The van der Waals surface area contributed by atoms with Gasteiger partial charge in [0.1, 0.15) is 0 Å². The first-order valence-corrected chi connectivity index (χ1v) is 8.16. The molecule has 2 aliphatic heterocycles. The average Bonchev–Trinajstić information content (AvgIpc) is 2.98. The van der Waals surface area contributed by atoms with Crippen molar-refractivity contribution in [3.8, 4) is 0 Å². The number of likely N-dealkylation sites (tertiary alicyclic amines) is 1. The van der Waals surface area contributed by atoms with Gasteiger partial charge in [-0.1, -0.05) is 0 Å². The van der Waals surface area contributed by atoms with Gasteiger partial charge < -0.3 is 14.5 Å². The minimum Gasteiger partial charge on any atom is -0.379 e. The third-order valence-corrected chi connectivity index (χ3v) is 5.09. The van der Waals surface area contributed by atoms with Gasteiger partial charge in [-0.15, -0.1) is 0 Å². The highest BCUT2D eigenvalue weighted by Crippen LogP contribution is 2.32. The standard InChI is InChI=1S/C15H22N2O2S/c1-16-4-3-15(10-16)11-17(5-6-19-12-15)14(18)8-13-2-7-20-9-13/h2,7,9H,3-6,8,10-12H2,1H3/t15-/m1/s1. The van der Waals surface area contributed by atoms with Crippen molar-refractivity contribution in [2.45, 2.75) is 12.8 Å². The largest absolute Gasteiger partial charge is 0.379 e. The molecule has 1 atom stereocenters. The summed E-state index contributed by atoms with van der Waals surface area (Å²) in [7, 11) is 2.15. The summed E-state index contributed by atoms with van der Waals surface area (Å²) >= 11 is 1.65. The first-order chi connectivity index (χ1) is 9.67. The maximum atomic E-state index is 12.5. The van der Waals surface area contributed by atoms with Crippen LogP contribution < -0.4 is 0 Å². The van der Waals surface area contributed by atoms with Crippen molar-refractivity contribution in [3.63, 3.8) is 0 Å². The summed E-state index contributed by atoms with van der Waals surface area (Å²) in [5.41, 5.74) is 1.28. The first kappa shape index (κ1) is 14.0. The zero-order valence-electron chi connectivity index (χ0n) is 12.0. The smallest absolute Gasteiger partial charge is 0.227 e. The topological polar surface area (TPSA) is 32.8 Å². The Balaban J connectivity index is 1.67. The molecular weight excluding hydrogens is 272 g/mol. The third kappa shape index (κ3) is 3.05. The van der Waals surface area contributed by atoms with E-state index in [1.165, 1.54) is 0 Å². The van der Waals surface area contributed by atoms with Crippen LogP contribution in [0.1, 0.15) is 12.0 Å². The molecular formula is C15H22N2O2S. The van der Waals surface area contributed by atoms with Gasteiger partial charge in [-0.25, -0.2) is 0 Å². The fourth-order valence-electron chi connectivity index (χ4n) is 3.29. The van der Waals surface area contributed by atoms with E-state index < -0.39 is 0 Å². The van der Waals surface area contributed by atoms with Gasteiger partial charge in [0.15, 0.2) is 0 Å². The Morgan fingerprint density at radius 2 is 2.35 bits per heavy atom. The Hall–Kier alpha value is -0.910. The highest BCUT2D eigenvalue weighted by molar-refractivity contribution is 7.07. The SMILES string of the molecule is CN1CC[C@@]2(COCCN(C(=O)Cc3ccsc3)C2)C1. The van der Waals surface area contributed by atoms with Crippen LogP contribution in [0.5, 0.6) is 0 Å². The number of hydrogen-bond acceptors (Lipinski definition) is 4. The van der Waals surface area contributed by atoms with E-state index in [2.05, 4.69) is 17.3 Å². The van der Waals surface area contributed by atoms with E-state index in [0.717, 1.165) is 44.8 Å². The summed E-state index contributed by atoms with van der Waals surface area (Å²) in [4.78, 5) is 16.9. The highest BCUT2D eigenvalue weighted by atomic mass is 32.1. The summed E-state index contributed by atoms with van der Waals surface area (Å²) in [6, 6.07) is 2.04. The predicted octanol–water partition coefficient (Wildman–Crippen LogP) is 1.47. The molecule has 1 aromatic heterocycles. The molecule has 2 aliphatic rings. The summed E-state index contributed by atoms with van der Waals surface area (Å²) < 4.78 is 5.78. The summed E-state index contributed by atoms with van der Waals surface area (Å²) in [6.07, 6.45) is 1.65. The molecule has 2 saturated heterocycles. The number of carbonyl (C=O) groups is 1. The van der Waals surface area contributed by atoms with Crippen molar-refractivity contribution >= 4 is 17.2 Å². The molecule has 3 heterocycles. The van der Waals surface area contributed by atoms with Gasteiger partial charge in [0, 0.05) is 25.0 Å². The van der Waals surface area contributed by atoms with Gasteiger partial charge in [0.2, 0.25) is 5.91 Å². The molecule has 1 spiro atoms. The number of rotatable bonds is 2. The fourth-order valence-corrected chi connectivity index (χ4v) is 3.96. The van der Waals surface area contributed by atoms with Gasteiger partial charge in [0.05, 0.1) is 19.6 Å². The van der Waals surface area contributed by atoms with Gasteiger partial charge >= 0.3 is 0 Å². The minimum absolute atomic E-state index is 0.148.